The highest BCUT2D eigenvalue weighted by molar-refractivity contribution is 5.74. The number of ether oxygens (including phenoxy) is 2. The predicted octanol–water partition coefficient (Wildman–Crippen LogP) is -2.05. The third-order valence-electron chi connectivity index (χ3n) is 2.40. The Labute approximate surface area is 87.7 Å². The molecule has 7 heteroatoms. The highest BCUT2D eigenvalue weighted by Gasteiger charge is 2.43. The predicted molar refractivity (Wildman–Crippen MR) is 52.2 cm³/mol. The first-order valence-electron chi connectivity index (χ1n) is 4.62. The summed E-state index contributed by atoms with van der Waals surface area (Å²) in [4.78, 5) is 0. The molecule has 0 spiro atoms. The standard InChI is InChI=1S/C8H17N3O4/c1-3-5(12)4(11-8(9)10)6(13)7(14-2)15-3/h3-7,12-13H,1-2H3,(H4,9,10,11)/t3-,4+,5?,6+,7?/m1/s1. The Hall–Kier alpha value is -0.890. The molecule has 0 aliphatic carbocycles. The minimum Gasteiger partial charge on any atom is -0.388 e. The molecule has 1 saturated heterocycles. The Balaban J connectivity index is 2.74. The number of hydrogen-bond acceptors (Lipinski definition) is 5. The van der Waals surface area contributed by atoms with Gasteiger partial charge in [0.05, 0.1) is 12.1 Å². The molecule has 0 aromatic heterocycles. The van der Waals surface area contributed by atoms with Crippen LogP contribution < -0.4 is 11.1 Å². The number of hydrogen-bond donors (Lipinski definition) is 5. The van der Waals surface area contributed by atoms with Gasteiger partial charge >= 0.3 is 0 Å². The lowest BCUT2D eigenvalue weighted by Gasteiger charge is -2.41. The maximum Gasteiger partial charge on any atom is 0.186 e. The summed E-state index contributed by atoms with van der Waals surface area (Å²) in [5.74, 6) is -0.318. The second kappa shape index (κ2) is 4.75. The summed E-state index contributed by atoms with van der Waals surface area (Å²) in [6.07, 6.45) is -3.36. The van der Waals surface area contributed by atoms with E-state index in [0.717, 1.165) is 0 Å². The van der Waals surface area contributed by atoms with Crippen LogP contribution in [0.4, 0.5) is 0 Å². The largest absolute Gasteiger partial charge is 0.388 e. The van der Waals surface area contributed by atoms with E-state index >= 15 is 0 Å². The third kappa shape index (κ3) is 2.57. The molecule has 1 heterocycles. The van der Waals surface area contributed by atoms with E-state index in [1.54, 1.807) is 6.92 Å². The Kier molecular flexibility index (Phi) is 3.86. The van der Waals surface area contributed by atoms with E-state index in [9.17, 15) is 10.2 Å². The average molecular weight is 219 g/mol. The molecule has 0 bridgehead atoms. The normalized spacial score (nSPS) is 41.2. The van der Waals surface area contributed by atoms with Gasteiger partial charge < -0.3 is 30.7 Å². The van der Waals surface area contributed by atoms with E-state index in [0.29, 0.717) is 0 Å². The second-order valence-electron chi connectivity index (χ2n) is 3.51. The lowest BCUT2D eigenvalue weighted by Crippen LogP contribution is -2.64. The zero-order valence-electron chi connectivity index (χ0n) is 8.68. The smallest absolute Gasteiger partial charge is 0.186 e. The number of aliphatic hydroxyl groups excluding tert-OH is 2. The fourth-order valence-corrected chi connectivity index (χ4v) is 1.58. The first-order chi connectivity index (χ1) is 6.97. The van der Waals surface area contributed by atoms with Crippen LogP contribution in [0.2, 0.25) is 0 Å². The Morgan fingerprint density at radius 1 is 1.47 bits per heavy atom. The van der Waals surface area contributed by atoms with Gasteiger partial charge in [-0.3, -0.25) is 5.41 Å². The van der Waals surface area contributed by atoms with E-state index in [2.05, 4.69) is 5.32 Å². The van der Waals surface area contributed by atoms with E-state index in [-0.39, 0.29) is 5.96 Å². The molecule has 0 saturated carbocycles. The van der Waals surface area contributed by atoms with Crippen LogP contribution in [0, 0.1) is 5.41 Å². The van der Waals surface area contributed by atoms with Crippen LogP contribution in [0.3, 0.4) is 0 Å². The zero-order chi connectivity index (χ0) is 11.6. The molecule has 0 aromatic rings. The number of nitrogens with one attached hydrogen (secondary N) is 2. The van der Waals surface area contributed by atoms with Crippen molar-refractivity contribution in [2.75, 3.05) is 7.11 Å². The molecule has 1 rings (SSSR count). The first kappa shape index (κ1) is 12.2. The number of guanidine groups is 1. The van der Waals surface area contributed by atoms with Gasteiger partial charge in [-0.1, -0.05) is 0 Å². The quantitative estimate of drug-likeness (QED) is 0.269. The van der Waals surface area contributed by atoms with Crippen molar-refractivity contribution in [1.82, 2.24) is 5.32 Å². The molecule has 2 unspecified atom stereocenters. The lowest BCUT2D eigenvalue weighted by atomic mass is 9.97. The second-order valence-corrected chi connectivity index (χ2v) is 3.51. The van der Waals surface area contributed by atoms with Gasteiger partial charge in [0.25, 0.3) is 0 Å². The topological polar surface area (TPSA) is 121 Å². The highest BCUT2D eigenvalue weighted by Crippen LogP contribution is 2.21. The number of methoxy groups -OCH3 is 1. The third-order valence-corrected chi connectivity index (χ3v) is 2.40. The Bertz CT molecular complexity index is 238. The van der Waals surface area contributed by atoms with Gasteiger partial charge in [0, 0.05) is 7.11 Å². The summed E-state index contributed by atoms with van der Waals surface area (Å²) < 4.78 is 10.1. The fourth-order valence-electron chi connectivity index (χ4n) is 1.58. The molecule has 0 amide bonds. The Morgan fingerprint density at radius 3 is 2.53 bits per heavy atom. The molecule has 7 nitrogen and oxygen atoms in total. The summed E-state index contributed by atoms with van der Waals surface area (Å²) in [6, 6.07) is -0.767. The van der Waals surface area contributed by atoms with E-state index in [1.165, 1.54) is 7.11 Å². The zero-order valence-corrected chi connectivity index (χ0v) is 8.68. The molecule has 0 aromatic carbocycles. The van der Waals surface area contributed by atoms with Crippen LogP contribution in [0.5, 0.6) is 0 Å². The summed E-state index contributed by atoms with van der Waals surface area (Å²) in [6.45, 7) is 1.65. The van der Waals surface area contributed by atoms with Crippen molar-refractivity contribution in [1.29, 1.82) is 5.41 Å². The SMILES string of the molecule is COC1O[C@H](C)C(O)[C@H](NC(=N)N)[C@@H]1O. The van der Waals surface area contributed by atoms with E-state index in [4.69, 9.17) is 20.6 Å². The average Bonchev–Trinajstić information content (AvgIpc) is 2.18. The van der Waals surface area contributed by atoms with Crippen LogP contribution in [0.1, 0.15) is 6.92 Å². The molecule has 1 fully saturated rings. The molecule has 1 aliphatic heterocycles. The van der Waals surface area contributed by atoms with Crippen molar-refractivity contribution in [2.45, 2.75) is 37.6 Å². The summed E-state index contributed by atoms with van der Waals surface area (Å²) in [5, 5.41) is 29.0. The molecule has 6 N–H and O–H groups in total. The van der Waals surface area contributed by atoms with Gasteiger partial charge in [-0.15, -0.1) is 0 Å². The van der Waals surface area contributed by atoms with Crippen LogP contribution in [-0.4, -0.2) is 53.9 Å². The molecule has 0 radical (unpaired) electrons. The maximum atomic E-state index is 9.74. The van der Waals surface area contributed by atoms with Gasteiger partial charge in [-0.25, -0.2) is 0 Å². The summed E-state index contributed by atoms with van der Waals surface area (Å²) in [7, 11) is 1.39. The first-order valence-corrected chi connectivity index (χ1v) is 4.62. The van der Waals surface area contributed by atoms with Gasteiger partial charge in [-0.2, -0.15) is 0 Å². The number of nitrogens with two attached hydrogens (primary N) is 1. The lowest BCUT2D eigenvalue weighted by molar-refractivity contribution is -0.260. The minimum absolute atomic E-state index is 0.318. The van der Waals surface area contributed by atoms with Crippen molar-refractivity contribution in [3.05, 3.63) is 0 Å². The molecule has 15 heavy (non-hydrogen) atoms. The molecular weight excluding hydrogens is 202 g/mol. The fraction of sp³-hybridized carbons (Fsp3) is 0.875. The van der Waals surface area contributed by atoms with Gasteiger partial charge in [-0.05, 0) is 6.92 Å². The molecule has 5 atom stereocenters. The van der Waals surface area contributed by atoms with Crippen LogP contribution in [0.25, 0.3) is 0 Å². The van der Waals surface area contributed by atoms with Gasteiger partial charge in [0.1, 0.15) is 12.2 Å². The van der Waals surface area contributed by atoms with E-state index < -0.39 is 30.6 Å². The highest BCUT2D eigenvalue weighted by atomic mass is 16.7. The summed E-state index contributed by atoms with van der Waals surface area (Å²) >= 11 is 0. The number of aliphatic hydroxyl groups is 2. The van der Waals surface area contributed by atoms with Crippen molar-refractivity contribution >= 4 is 5.96 Å². The van der Waals surface area contributed by atoms with Crippen molar-refractivity contribution < 1.29 is 19.7 Å². The van der Waals surface area contributed by atoms with Crippen LogP contribution in [-0.2, 0) is 9.47 Å². The maximum absolute atomic E-state index is 9.74. The van der Waals surface area contributed by atoms with Crippen molar-refractivity contribution in [3.63, 3.8) is 0 Å². The van der Waals surface area contributed by atoms with Crippen LogP contribution in [0.15, 0.2) is 0 Å². The number of rotatable bonds is 2. The molecular formula is C8H17N3O4. The van der Waals surface area contributed by atoms with Crippen molar-refractivity contribution in [2.24, 2.45) is 5.73 Å². The van der Waals surface area contributed by atoms with Crippen LogP contribution >= 0.6 is 0 Å². The van der Waals surface area contributed by atoms with Gasteiger partial charge in [0.2, 0.25) is 0 Å². The monoisotopic (exact) mass is 219 g/mol. The van der Waals surface area contributed by atoms with E-state index in [1.807, 2.05) is 0 Å². The Morgan fingerprint density at radius 2 is 2.07 bits per heavy atom. The molecule has 88 valence electrons. The minimum atomic E-state index is -1.08. The summed E-state index contributed by atoms with van der Waals surface area (Å²) in [5.41, 5.74) is 5.15. The molecule has 1 aliphatic rings. The van der Waals surface area contributed by atoms with Gasteiger partial charge in [0.15, 0.2) is 12.2 Å². The van der Waals surface area contributed by atoms with Crippen molar-refractivity contribution in [3.8, 4) is 0 Å².